The summed E-state index contributed by atoms with van der Waals surface area (Å²) in [5, 5.41) is 15.7. The van der Waals surface area contributed by atoms with Gasteiger partial charge in [0.25, 0.3) is 11.8 Å². The van der Waals surface area contributed by atoms with Gasteiger partial charge in [0.05, 0.1) is 43.4 Å². The molecule has 0 bridgehead atoms. The fourth-order valence-corrected chi connectivity index (χ4v) is 9.74. The van der Waals surface area contributed by atoms with Crippen molar-refractivity contribution in [3.05, 3.63) is 69.2 Å². The zero-order valence-electron chi connectivity index (χ0n) is 34.9. The summed E-state index contributed by atoms with van der Waals surface area (Å²) in [5.74, 6) is 0.547. The number of anilines is 1. The summed E-state index contributed by atoms with van der Waals surface area (Å²) >= 11 is 1.52. The lowest BCUT2D eigenvalue weighted by Gasteiger charge is -2.47. The Labute approximate surface area is 353 Å². The zero-order valence-corrected chi connectivity index (χ0v) is 35.7. The number of phenols is 1. The molecule has 1 aliphatic carbocycles. The quantitative estimate of drug-likeness (QED) is 0.0843. The molecule has 12 nitrogen and oxygen atoms in total. The molecule has 13 heteroatoms. The lowest BCUT2D eigenvalue weighted by molar-refractivity contribution is -0.135. The van der Waals surface area contributed by atoms with E-state index in [1.165, 1.54) is 48.1 Å². The number of carbonyl (C=O) groups is 3. The fourth-order valence-electron chi connectivity index (χ4n) is 9.15. The summed E-state index contributed by atoms with van der Waals surface area (Å²) in [5.41, 5.74) is 4.21. The van der Waals surface area contributed by atoms with Gasteiger partial charge in [-0.2, -0.15) is 0 Å². The third-order valence-electron chi connectivity index (χ3n) is 12.6. The number of amides is 3. The highest BCUT2D eigenvalue weighted by Gasteiger charge is 2.41. The molecule has 1 aromatic heterocycles. The first-order valence-electron chi connectivity index (χ1n) is 22.1. The molecule has 2 saturated heterocycles. The third kappa shape index (κ3) is 11.8. The molecule has 0 unspecified atom stereocenters. The molecule has 2 N–H and O–H groups in total. The zero-order chi connectivity index (χ0) is 41.0. The van der Waals surface area contributed by atoms with Crippen LogP contribution in [0.4, 0.5) is 5.69 Å². The van der Waals surface area contributed by atoms with E-state index in [9.17, 15) is 19.5 Å². The van der Waals surface area contributed by atoms with Crippen LogP contribution in [0.1, 0.15) is 109 Å². The Kier molecular flexibility index (Phi) is 15.3. The lowest BCUT2D eigenvalue weighted by Crippen LogP contribution is -2.58. The van der Waals surface area contributed by atoms with Gasteiger partial charge >= 0.3 is 0 Å². The predicted molar refractivity (Wildman–Crippen MR) is 229 cm³/mol. The van der Waals surface area contributed by atoms with E-state index in [4.69, 9.17) is 14.2 Å². The Hall–Kier alpha value is -4.04. The van der Waals surface area contributed by atoms with Crippen molar-refractivity contribution in [1.29, 1.82) is 0 Å². The average molecular weight is 830 g/mol. The van der Waals surface area contributed by atoms with Gasteiger partial charge < -0.3 is 39.3 Å². The number of nitrogens with one attached hydrogen (secondary N) is 1. The Morgan fingerprint density at radius 1 is 0.966 bits per heavy atom. The molecular formula is C46H63N5O7S. The number of unbranched alkanes of at least 4 members (excludes halogenated alkanes) is 2. The van der Waals surface area contributed by atoms with Crippen LogP contribution in [0.2, 0.25) is 0 Å². The first kappa shape index (κ1) is 43.1. The Morgan fingerprint density at radius 2 is 1.73 bits per heavy atom. The number of ether oxygens (including phenoxy) is 3. The molecule has 4 aliphatic rings. The maximum atomic E-state index is 13.6. The molecule has 3 fully saturated rings. The summed E-state index contributed by atoms with van der Waals surface area (Å²) in [6.07, 6.45) is 14.7. The normalized spacial score (nSPS) is 18.5. The minimum Gasteiger partial charge on any atom is -0.506 e. The SMILES string of the molecule is Cc1nc(C(=O)N2CCOC3(CCN(CCc4ccc(CCOCCC(=O)N(CCCCCc5ccc(O)c6c5OCC(=O)N6)C5CCCCCC5)cc4)CC3)C2)cs1. The average Bonchev–Trinajstić information content (AvgIpc) is 3.51. The number of benzene rings is 2. The largest absolute Gasteiger partial charge is 0.506 e. The Morgan fingerprint density at radius 3 is 2.47 bits per heavy atom. The van der Waals surface area contributed by atoms with Gasteiger partial charge in [-0.25, -0.2) is 4.98 Å². The summed E-state index contributed by atoms with van der Waals surface area (Å²) in [7, 11) is 0. The van der Waals surface area contributed by atoms with Gasteiger partial charge in [-0.05, 0) is 87.5 Å². The fraction of sp³-hybridized carbons (Fsp3) is 0.609. The number of phenolic OH excluding ortho intramolecular Hbond substituents is 1. The molecular weight excluding hydrogens is 767 g/mol. The van der Waals surface area contributed by atoms with Crippen LogP contribution in [-0.2, 0) is 38.3 Å². The molecule has 2 aromatic carbocycles. The number of likely N-dealkylation sites (tertiary alicyclic amines) is 1. The summed E-state index contributed by atoms with van der Waals surface area (Å²) in [6.45, 7) is 8.47. The first-order valence-corrected chi connectivity index (χ1v) is 22.9. The number of aromatic nitrogens is 1. The van der Waals surface area contributed by atoms with Gasteiger partial charge in [-0.1, -0.05) is 62.4 Å². The van der Waals surface area contributed by atoms with Crippen LogP contribution in [0.5, 0.6) is 11.5 Å². The van der Waals surface area contributed by atoms with Crippen molar-refractivity contribution >= 4 is 34.7 Å². The number of hydrogen-bond donors (Lipinski definition) is 2. The van der Waals surface area contributed by atoms with Gasteiger partial charge in [-0.3, -0.25) is 14.4 Å². The first-order chi connectivity index (χ1) is 28.7. The number of nitrogens with zero attached hydrogens (tertiary/aromatic N) is 4. The number of thiazole rings is 1. The molecule has 320 valence electrons. The molecule has 7 rings (SSSR count). The van der Waals surface area contributed by atoms with Gasteiger partial charge in [0, 0.05) is 44.1 Å². The molecule has 3 amide bonds. The van der Waals surface area contributed by atoms with E-state index < -0.39 is 0 Å². The minimum atomic E-state index is -0.262. The Bertz CT molecular complexity index is 1850. The number of aryl methyl sites for hydroxylation is 2. The number of fused-ring (bicyclic) bond motifs is 1. The van der Waals surface area contributed by atoms with Crippen LogP contribution in [-0.4, -0.2) is 120 Å². The number of piperidine rings is 1. The number of carbonyl (C=O) groups excluding carboxylic acids is 3. The van der Waals surface area contributed by atoms with Crippen LogP contribution >= 0.6 is 11.3 Å². The van der Waals surface area contributed by atoms with Crippen molar-refractivity contribution in [2.75, 3.05) is 71.0 Å². The van der Waals surface area contributed by atoms with Crippen LogP contribution < -0.4 is 10.1 Å². The van der Waals surface area contributed by atoms with Crippen molar-refractivity contribution < 1.29 is 33.7 Å². The molecule has 1 spiro atoms. The van der Waals surface area contributed by atoms with Crippen molar-refractivity contribution in [2.24, 2.45) is 0 Å². The van der Waals surface area contributed by atoms with E-state index >= 15 is 0 Å². The van der Waals surface area contributed by atoms with Crippen LogP contribution in [0.3, 0.4) is 0 Å². The van der Waals surface area contributed by atoms with Crippen molar-refractivity contribution in [3.63, 3.8) is 0 Å². The van der Waals surface area contributed by atoms with E-state index in [-0.39, 0.29) is 35.7 Å². The molecule has 0 radical (unpaired) electrons. The summed E-state index contributed by atoms with van der Waals surface area (Å²) < 4.78 is 18.0. The number of morpholine rings is 1. The number of rotatable bonds is 17. The second-order valence-corrected chi connectivity index (χ2v) is 17.9. The highest BCUT2D eigenvalue weighted by Crippen LogP contribution is 2.40. The van der Waals surface area contributed by atoms with Crippen molar-refractivity contribution in [2.45, 2.75) is 115 Å². The van der Waals surface area contributed by atoms with Gasteiger partial charge in [0.2, 0.25) is 5.91 Å². The molecule has 0 atom stereocenters. The molecule has 3 aromatic rings. The summed E-state index contributed by atoms with van der Waals surface area (Å²) in [6, 6.07) is 12.7. The van der Waals surface area contributed by atoms with E-state index in [2.05, 4.69) is 44.4 Å². The van der Waals surface area contributed by atoms with E-state index in [0.717, 1.165) is 101 Å². The van der Waals surface area contributed by atoms with Crippen molar-refractivity contribution in [3.8, 4) is 11.5 Å². The van der Waals surface area contributed by atoms with Gasteiger partial charge in [0.15, 0.2) is 12.4 Å². The lowest BCUT2D eigenvalue weighted by atomic mass is 9.89. The Balaban J connectivity index is 0.786. The minimum absolute atomic E-state index is 0.0185. The summed E-state index contributed by atoms with van der Waals surface area (Å²) in [4.78, 5) is 49.5. The topological polar surface area (TPSA) is 134 Å². The van der Waals surface area contributed by atoms with Crippen molar-refractivity contribution in [1.82, 2.24) is 19.7 Å². The van der Waals surface area contributed by atoms with Crippen LogP contribution in [0.25, 0.3) is 0 Å². The highest BCUT2D eigenvalue weighted by atomic mass is 32.1. The second-order valence-electron chi connectivity index (χ2n) is 16.9. The molecule has 1 saturated carbocycles. The number of hydrogen-bond acceptors (Lipinski definition) is 10. The maximum absolute atomic E-state index is 13.6. The monoisotopic (exact) mass is 829 g/mol. The van der Waals surface area contributed by atoms with Gasteiger partial charge in [0.1, 0.15) is 17.1 Å². The second kappa shape index (κ2) is 21.0. The molecule has 3 aliphatic heterocycles. The van der Waals surface area contributed by atoms with E-state index in [1.807, 2.05) is 23.3 Å². The highest BCUT2D eigenvalue weighted by molar-refractivity contribution is 7.09. The maximum Gasteiger partial charge on any atom is 0.273 e. The molecule has 4 heterocycles. The van der Waals surface area contributed by atoms with E-state index in [0.29, 0.717) is 62.5 Å². The smallest absolute Gasteiger partial charge is 0.273 e. The molecule has 59 heavy (non-hydrogen) atoms. The van der Waals surface area contributed by atoms with Crippen LogP contribution in [0.15, 0.2) is 41.8 Å². The standard InChI is InChI=1S/C46H63N5O7S/c1-34-47-39(32-59-34)45(55)50-27-30-58-46(33-50)21-25-49(26-22-46)24-18-35-12-14-36(15-13-35)19-28-56-29-20-42(54)51(38-10-6-2-3-7-11-38)23-8-4-5-9-37-16-17-40(52)43-44(37)57-31-41(53)48-43/h12-17,32,38,52H,2-11,18-31,33H2,1H3,(H,48,53). The number of aromatic hydroxyl groups is 1. The van der Waals surface area contributed by atoms with Gasteiger partial charge in [-0.15, -0.1) is 11.3 Å². The van der Waals surface area contributed by atoms with Crippen LogP contribution in [0, 0.1) is 6.92 Å². The third-order valence-corrected chi connectivity index (χ3v) is 13.4. The predicted octanol–water partition coefficient (Wildman–Crippen LogP) is 6.95. The van der Waals surface area contributed by atoms with E-state index in [1.54, 1.807) is 6.07 Å².